The molecule has 0 bridgehead atoms. The van der Waals surface area contributed by atoms with Gasteiger partial charge in [0.2, 0.25) is 5.91 Å². The van der Waals surface area contributed by atoms with Crippen molar-refractivity contribution in [2.75, 3.05) is 13.1 Å². The van der Waals surface area contributed by atoms with E-state index in [1.54, 1.807) is 0 Å². The van der Waals surface area contributed by atoms with Gasteiger partial charge in [0.25, 0.3) is 0 Å². The Morgan fingerprint density at radius 1 is 1.37 bits per heavy atom. The molecule has 0 aliphatic carbocycles. The summed E-state index contributed by atoms with van der Waals surface area (Å²) in [5, 5.41) is 18.9. The summed E-state index contributed by atoms with van der Waals surface area (Å²) in [6.45, 7) is 0.130. The number of nitrogens with zero attached hydrogens (tertiary/aromatic N) is 1. The Hall–Kier alpha value is -1.43. The highest BCUT2D eigenvalue weighted by atomic mass is 35.5. The summed E-state index contributed by atoms with van der Waals surface area (Å²) >= 11 is 5.82. The van der Waals surface area contributed by atoms with Crippen molar-refractivity contribution in [1.82, 2.24) is 4.90 Å². The zero-order valence-electron chi connectivity index (χ0n) is 9.96. The van der Waals surface area contributed by atoms with E-state index >= 15 is 0 Å². The molecule has 2 unspecified atom stereocenters. The number of hydrogen-bond acceptors (Lipinski definition) is 3. The lowest BCUT2D eigenvalue weighted by Gasteiger charge is -2.12. The van der Waals surface area contributed by atoms with Gasteiger partial charge in [0.05, 0.1) is 17.2 Å². The topological polar surface area (TPSA) is 60.8 Å². The first kappa shape index (κ1) is 14.0. The van der Waals surface area contributed by atoms with Gasteiger partial charge in [-0.25, -0.2) is 4.39 Å². The largest absolute Gasteiger partial charge is 0.388 e. The van der Waals surface area contributed by atoms with Crippen LogP contribution in [-0.4, -0.2) is 46.3 Å². The molecule has 102 valence electrons. The predicted molar refractivity (Wildman–Crippen MR) is 69.0 cm³/mol. The molecule has 0 radical (unpaired) electrons. The summed E-state index contributed by atoms with van der Waals surface area (Å²) < 4.78 is 13.5. The summed E-state index contributed by atoms with van der Waals surface area (Å²) in [4.78, 5) is 13.1. The highest BCUT2D eigenvalue weighted by molar-refractivity contribution is 6.32. The maximum absolute atomic E-state index is 13.5. The Balaban J connectivity index is 2.09. The molecule has 1 fully saturated rings. The molecule has 1 aliphatic rings. The van der Waals surface area contributed by atoms with E-state index in [-0.39, 0.29) is 23.7 Å². The molecule has 0 saturated carbocycles. The third kappa shape index (κ3) is 3.12. The van der Waals surface area contributed by atoms with Crippen LogP contribution < -0.4 is 0 Å². The average Bonchev–Trinajstić information content (AvgIpc) is 2.69. The van der Waals surface area contributed by atoms with Crippen LogP contribution in [0.4, 0.5) is 4.39 Å². The van der Waals surface area contributed by atoms with Gasteiger partial charge in [-0.3, -0.25) is 4.79 Å². The first-order chi connectivity index (χ1) is 8.99. The van der Waals surface area contributed by atoms with E-state index in [4.69, 9.17) is 11.6 Å². The van der Waals surface area contributed by atoms with Crippen molar-refractivity contribution in [1.29, 1.82) is 0 Å². The van der Waals surface area contributed by atoms with Crippen molar-refractivity contribution >= 4 is 23.6 Å². The molecule has 0 aromatic heterocycles. The highest BCUT2D eigenvalue weighted by Crippen LogP contribution is 2.20. The van der Waals surface area contributed by atoms with E-state index in [9.17, 15) is 19.4 Å². The van der Waals surface area contributed by atoms with Crippen LogP contribution >= 0.6 is 11.6 Å². The normalized spacial score (nSPS) is 23.3. The van der Waals surface area contributed by atoms with Gasteiger partial charge < -0.3 is 15.1 Å². The smallest absolute Gasteiger partial charge is 0.246 e. The lowest BCUT2D eigenvalue weighted by Crippen LogP contribution is -2.27. The number of hydrogen-bond donors (Lipinski definition) is 2. The quantitative estimate of drug-likeness (QED) is 0.799. The molecular formula is C13H13ClFNO3. The Labute approximate surface area is 114 Å². The van der Waals surface area contributed by atoms with Gasteiger partial charge in [0.15, 0.2) is 0 Å². The number of β-amino-alcohol motifs (C(OH)–C–C–N with tert-alkyl or cyclic N) is 2. The van der Waals surface area contributed by atoms with E-state index in [2.05, 4.69) is 0 Å². The molecule has 4 nitrogen and oxygen atoms in total. The number of carbonyl (C=O) groups excluding carboxylic acids is 1. The molecular weight excluding hydrogens is 273 g/mol. The number of rotatable bonds is 2. The molecule has 2 atom stereocenters. The molecule has 1 aliphatic heterocycles. The van der Waals surface area contributed by atoms with Gasteiger partial charge in [-0.15, -0.1) is 0 Å². The first-order valence-electron chi connectivity index (χ1n) is 5.76. The molecule has 1 aromatic carbocycles. The second kappa shape index (κ2) is 5.69. The second-order valence-electron chi connectivity index (χ2n) is 4.35. The third-order valence-electron chi connectivity index (χ3n) is 2.96. The first-order valence-corrected chi connectivity index (χ1v) is 6.14. The number of aliphatic hydroxyl groups is 2. The van der Waals surface area contributed by atoms with Crippen LogP contribution in [0.25, 0.3) is 6.08 Å². The van der Waals surface area contributed by atoms with Gasteiger partial charge in [-0.05, 0) is 18.2 Å². The molecule has 2 N–H and O–H groups in total. The molecule has 6 heteroatoms. The Morgan fingerprint density at radius 2 is 2.00 bits per heavy atom. The number of aliphatic hydroxyl groups excluding tert-OH is 2. The van der Waals surface area contributed by atoms with Crippen molar-refractivity contribution in [2.24, 2.45) is 0 Å². The van der Waals surface area contributed by atoms with E-state index in [0.717, 1.165) is 0 Å². The van der Waals surface area contributed by atoms with E-state index in [1.165, 1.54) is 35.3 Å². The van der Waals surface area contributed by atoms with E-state index in [0.29, 0.717) is 0 Å². The lowest BCUT2D eigenvalue weighted by atomic mass is 10.2. The van der Waals surface area contributed by atoms with E-state index < -0.39 is 23.9 Å². The van der Waals surface area contributed by atoms with Gasteiger partial charge in [-0.2, -0.15) is 0 Å². The second-order valence-corrected chi connectivity index (χ2v) is 4.75. The van der Waals surface area contributed by atoms with Gasteiger partial charge >= 0.3 is 0 Å². The van der Waals surface area contributed by atoms with Gasteiger partial charge in [0, 0.05) is 24.7 Å². The Kier molecular flexibility index (Phi) is 4.19. The highest BCUT2D eigenvalue weighted by Gasteiger charge is 2.31. The average molecular weight is 286 g/mol. The maximum atomic E-state index is 13.5. The molecule has 1 aromatic rings. The molecule has 1 heterocycles. The van der Waals surface area contributed by atoms with Crippen LogP contribution in [0.2, 0.25) is 5.02 Å². The zero-order chi connectivity index (χ0) is 14.0. The minimum Gasteiger partial charge on any atom is -0.388 e. The van der Waals surface area contributed by atoms with Crippen LogP contribution in [0.3, 0.4) is 0 Å². The van der Waals surface area contributed by atoms with Crippen molar-refractivity contribution in [3.63, 3.8) is 0 Å². The number of benzene rings is 1. The lowest BCUT2D eigenvalue weighted by molar-refractivity contribution is -0.125. The summed E-state index contributed by atoms with van der Waals surface area (Å²) in [6.07, 6.45) is 0.593. The van der Waals surface area contributed by atoms with Crippen molar-refractivity contribution in [3.05, 3.63) is 40.7 Å². The van der Waals surface area contributed by atoms with Crippen LogP contribution in [0, 0.1) is 5.82 Å². The van der Waals surface area contributed by atoms with Gasteiger partial charge in [-0.1, -0.05) is 17.7 Å². The monoisotopic (exact) mass is 285 g/mol. The molecule has 19 heavy (non-hydrogen) atoms. The van der Waals surface area contributed by atoms with Gasteiger partial charge in [0.1, 0.15) is 5.82 Å². The number of carbonyl (C=O) groups is 1. The van der Waals surface area contributed by atoms with E-state index in [1.807, 2.05) is 0 Å². The standard InChI is InChI=1S/C13H13ClFNO3/c14-9-2-1-3-10(15)8(9)4-5-13(19)16-6-11(17)12(18)7-16/h1-5,11-12,17-18H,6-7H2/b5-4+. The minimum atomic E-state index is -0.936. The third-order valence-corrected chi connectivity index (χ3v) is 3.29. The fraction of sp³-hybridized carbons (Fsp3) is 0.308. The molecule has 0 spiro atoms. The number of likely N-dealkylation sites (tertiary alicyclic amines) is 1. The fourth-order valence-corrected chi connectivity index (χ4v) is 2.11. The zero-order valence-corrected chi connectivity index (χ0v) is 10.7. The summed E-state index contributed by atoms with van der Waals surface area (Å²) in [5.74, 6) is -0.923. The Bertz CT molecular complexity index is 490. The summed E-state index contributed by atoms with van der Waals surface area (Å²) in [6, 6.07) is 4.25. The van der Waals surface area contributed by atoms with Crippen molar-refractivity contribution in [2.45, 2.75) is 12.2 Å². The van der Waals surface area contributed by atoms with Crippen LogP contribution in [0.5, 0.6) is 0 Å². The molecule has 2 rings (SSSR count). The summed E-state index contributed by atoms with van der Waals surface area (Å²) in [5.41, 5.74) is 0.137. The van der Waals surface area contributed by atoms with Crippen LogP contribution in [0.15, 0.2) is 24.3 Å². The fourth-order valence-electron chi connectivity index (χ4n) is 1.88. The Morgan fingerprint density at radius 3 is 2.58 bits per heavy atom. The predicted octanol–water partition coefficient (Wildman–Crippen LogP) is 1.06. The number of halogens is 2. The van der Waals surface area contributed by atoms with Crippen molar-refractivity contribution in [3.8, 4) is 0 Å². The maximum Gasteiger partial charge on any atom is 0.246 e. The minimum absolute atomic E-state index is 0.0648. The molecule has 1 saturated heterocycles. The summed E-state index contributed by atoms with van der Waals surface area (Å²) in [7, 11) is 0. The van der Waals surface area contributed by atoms with Crippen molar-refractivity contribution < 1.29 is 19.4 Å². The van der Waals surface area contributed by atoms with Crippen LogP contribution in [0.1, 0.15) is 5.56 Å². The molecule has 1 amide bonds. The SMILES string of the molecule is O=C(/C=C/c1c(F)cccc1Cl)N1CC(O)C(O)C1. The van der Waals surface area contributed by atoms with Crippen LogP contribution in [-0.2, 0) is 4.79 Å². The number of amides is 1.